The Morgan fingerprint density at radius 2 is 1.76 bits per heavy atom. The van der Waals surface area contributed by atoms with E-state index in [0.29, 0.717) is 12.0 Å². The molecule has 0 unspecified atom stereocenters. The van der Waals surface area contributed by atoms with E-state index in [-0.39, 0.29) is 0 Å². The number of guanidine groups is 1. The van der Waals surface area contributed by atoms with Crippen molar-refractivity contribution >= 4 is 22.4 Å². The molecule has 0 radical (unpaired) electrons. The van der Waals surface area contributed by atoms with Gasteiger partial charge in [-0.25, -0.2) is 10.8 Å². The zero-order chi connectivity index (χ0) is 14.5. The fourth-order valence-corrected chi connectivity index (χ4v) is 2.96. The van der Waals surface area contributed by atoms with Crippen LogP contribution in [0.25, 0.3) is 10.8 Å². The number of hydrogen-bond donors (Lipinski definition) is 3. The third-order valence-corrected chi connectivity index (χ3v) is 4.07. The van der Waals surface area contributed by atoms with Gasteiger partial charge in [0.15, 0.2) is 0 Å². The molecule has 0 heterocycles. The average molecular weight is 282 g/mol. The van der Waals surface area contributed by atoms with Crippen molar-refractivity contribution in [1.82, 2.24) is 5.43 Å². The predicted molar refractivity (Wildman–Crippen MR) is 89.2 cm³/mol. The van der Waals surface area contributed by atoms with Crippen LogP contribution in [0.2, 0.25) is 0 Å². The minimum Gasteiger partial charge on any atom is -0.325 e. The van der Waals surface area contributed by atoms with Crippen molar-refractivity contribution in [3.8, 4) is 0 Å². The van der Waals surface area contributed by atoms with Gasteiger partial charge in [0.05, 0.1) is 6.04 Å². The Kier molecular flexibility index (Phi) is 4.36. The van der Waals surface area contributed by atoms with Crippen molar-refractivity contribution in [3.05, 3.63) is 42.5 Å². The summed E-state index contributed by atoms with van der Waals surface area (Å²) in [6.07, 6.45) is 6.17. The van der Waals surface area contributed by atoms with E-state index in [1.54, 1.807) is 0 Å². The number of nitrogens with zero attached hydrogens (tertiary/aromatic N) is 1. The van der Waals surface area contributed by atoms with Crippen molar-refractivity contribution in [2.24, 2.45) is 10.8 Å². The zero-order valence-electron chi connectivity index (χ0n) is 12.2. The highest BCUT2D eigenvalue weighted by atomic mass is 15.3. The van der Waals surface area contributed by atoms with E-state index in [9.17, 15) is 0 Å². The molecule has 4 N–H and O–H groups in total. The molecule has 1 saturated carbocycles. The monoisotopic (exact) mass is 282 g/mol. The molecule has 0 bridgehead atoms. The molecule has 1 aliphatic rings. The molecule has 2 aromatic rings. The maximum Gasteiger partial charge on any atom is 0.210 e. The van der Waals surface area contributed by atoms with E-state index in [4.69, 9.17) is 10.8 Å². The standard InChI is InChI=1S/C17H22N4/c18-21-17(19-14-9-2-1-3-10-14)20-16-12-6-8-13-7-4-5-11-15(13)16/h4-8,11-12,14H,1-3,9-10,18H2,(H2,19,20,21). The summed E-state index contributed by atoms with van der Waals surface area (Å²) in [5.41, 5.74) is 3.73. The topological polar surface area (TPSA) is 62.4 Å². The fraction of sp³-hybridized carbons (Fsp3) is 0.353. The SMILES string of the molecule is NNC(=NC1CCCCC1)Nc1cccc2ccccc12. The van der Waals surface area contributed by atoms with Crippen LogP contribution in [0.15, 0.2) is 47.5 Å². The second-order valence-electron chi connectivity index (χ2n) is 5.57. The quantitative estimate of drug-likeness (QED) is 0.342. The molecule has 0 spiro atoms. The first-order valence-corrected chi connectivity index (χ1v) is 7.66. The van der Waals surface area contributed by atoms with Gasteiger partial charge in [0.1, 0.15) is 0 Å². The smallest absolute Gasteiger partial charge is 0.210 e. The van der Waals surface area contributed by atoms with E-state index >= 15 is 0 Å². The number of aliphatic imine (C=N–C) groups is 1. The van der Waals surface area contributed by atoms with Gasteiger partial charge >= 0.3 is 0 Å². The molecule has 21 heavy (non-hydrogen) atoms. The van der Waals surface area contributed by atoms with Crippen LogP contribution in [-0.4, -0.2) is 12.0 Å². The normalized spacial score (nSPS) is 16.9. The summed E-state index contributed by atoms with van der Waals surface area (Å²) in [4.78, 5) is 4.73. The van der Waals surface area contributed by atoms with Gasteiger partial charge in [-0.05, 0) is 24.3 Å². The second kappa shape index (κ2) is 6.59. The largest absolute Gasteiger partial charge is 0.325 e. The lowest BCUT2D eigenvalue weighted by atomic mass is 9.96. The molecule has 1 aliphatic carbocycles. The third-order valence-electron chi connectivity index (χ3n) is 4.07. The average Bonchev–Trinajstić information content (AvgIpc) is 2.55. The molecule has 4 nitrogen and oxygen atoms in total. The van der Waals surface area contributed by atoms with Crippen LogP contribution in [0.1, 0.15) is 32.1 Å². The molecule has 1 fully saturated rings. The highest BCUT2D eigenvalue weighted by molar-refractivity contribution is 6.03. The number of rotatable bonds is 2. The van der Waals surface area contributed by atoms with Crippen LogP contribution < -0.4 is 16.6 Å². The minimum absolute atomic E-state index is 0.382. The number of anilines is 1. The molecule has 4 heteroatoms. The van der Waals surface area contributed by atoms with Crippen LogP contribution in [0.4, 0.5) is 5.69 Å². The Balaban J connectivity index is 1.83. The molecule has 0 saturated heterocycles. The van der Waals surface area contributed by atoms with Crippen molar-refractivity contribution in [3.63, 3.8) is 0 Å². The summed E-state index contributed by atoms with van der Waals surface area (Å²) in [6.45, 7) is 0. The maximum absolute atomic E-state index is 5.64. The number of nitrogens with one attached hydrogen (secondary N) is 2. The van der Waals surface area contributed by atoms with Gasteiger partial charge in [-0.3, -0.25) is 5.43 Å². The summed E-state index contributed by atoms with van der Waals surface area (Å²) >= 11 is 0. The van der Waals surface area contributed by atoms with Crippen LogP contribution in [0, 0.1) is 0 Å². The first kappa shape index (κ1) is 13.9. The maximum atomic E-state index is 5.64. The van der Waals surface area contributed by atoms with Gasteiger partial charge in [0.25, 0.3) is 0 Å². The molecular formula is C17H22N4. The molecule has 2 aromatic carbocycles. The van der Waals surface area contributed by atoms with Crippen LogP contribution in [0.3, 0.4) is 0 Å². The summed E-state index contributed by atoms with van der Waals surface area (Å²) in [5.74, 6) is 6.29. The van der Waals surface area contributed by atoms with E-state index < -0.39 is 0 Å². The van der Waals surface area contributed by atoms with E-state index in [1.165, 1.54) is 30.0 Å². The van der Waals surface area contributed by atoms with Gasteiger partial charge in [-0.15, -0.1) is 0 Å². The first-order valence-electron chi connectivity index (χ1n) is 7.66. The summed E-state index contributed by atoms with van der Waals surface area (Å²) < 4.78 is 0. The number of hydrogen-bond acceptors (Lipinski definition) is 2. The number of fused-ring (bicyclic) bond motifs is 1. The van der Waals surface area contributed by atoms with Gasteiger partial charge < -0.3 is 5.32 Å². The highest BCUT2D eigenvalue weighted by Gasteiger charge is 2.13. The Labute approximate surface area is 125 Å². The van der Waals surface area contributed by atoms with E-state index in [2.05, 4.69) is 35.0 Å². The lowest BCUT2D eigenvalue weighted by molar-refractivity contribution is 0.442. The molecule has 0 aromatic heterocycles. The first-order chi connectivity index (χ1) is 10.4. The van der Waals surface area contributed by atoms with Crippen molar-refractivity contribution in [1.29, 1.82) is 0 Å². The van der Waals surface area contributed by atoms with Crippen LogP contribution in [-0.2, 0) is 0 Å². The lowest BCUT2D eigenvalue weighted by Crippen LogP contribution is -2.37. The number of nitrogens with two attached hydrogens (primary N) is 1. The second-order valence-corrected chi connectivity index (χ2v) is 5.57. The number of benzene rings is 2. The minimum atomic E-state index is 0.382. The van der Waals surface area contributed by atoms with Gasteiger partial charge in [-0.2, -0.15) is 0 Å². The van der Waals surface area contributed by atoms with E-state index in [1.807, 2.05) is 18.2 Å². The van der Waals surface area contributed by atoms with Crippen molar-refractivity contribution in [2.75, 3.05) is 5.32 Å². The summed E-state index contributed by atoms with van der Waals surface area (Å²) in [5, 5.41) is 5.71. The molecule has 0 aliphatic heterocycles. The molecule has 110 valence electrons. The molecular weight excluding hydrogens is 260 g/mol. The Hall–Kier alpha value is -2.07. The van der Waals surface area contributed by atoms with Gasteiger partial charge in [0.2, 0.25) is 5.96 Å². The van der Waals surface area contributed by atoms with Gasteiger partial charge in [-0.1, -0.05) is 55.7 Å². The highest BCUT2D eigenvalue weighted by Crippen LogP contribution is 2.24. The lowest BCUT2D eigenvalue weighted by Gasteiger charge is -2.20. The van der Waals surface area contributed by atoms with Crippen LogP contribution in [0.5, 0.6) is 0 Å². The molecule has 3 rings (SSSR count). The Bertz CT molecular complexity index is 624. The van der Waals surface area contributed by atoms with Crippen molar-refractivity contribution in [2.45, 2.75) is 38.1 Å². The third kappa shape index (κ3) is 3.34. The predicted octanol–water partition coefficient (Wildman–Crippen LogP) is 3.40. The molecule has 0 amide bonds. The summed E-state index contributed by atoms with van der Waals surface area (Å²) in [6, 6.07) is 14.9. The number of hydrazine groups is 1. The Morgan fingerprint density at radius 3 is 2.57 bits per heavy atom. The van der Waals surface area contributed by atoms with Crippen molar-refractivity contribution < 1.29 is 0 Å². The van der Waals surface area contributed by atoms with Crippen LogP contribution >= 0.6 is 0 Å². The fourth-order valence-electron chi connectivity index (χ4n) is 2.96. The zero-order valence-corrected chi connectivity index (χ0v) is 12.2. The molecule has 0 atom stereocenters. The van der Waals surface area contributed by atoms with E-state index in [0.717, 1.165) is 18.5 Å². The Morgan fingerprint density at radius 1 is 1.00 bits per heavy atom. The van der Waals surface area contributed by atoms with Gasteiger partial charge in [0, 0.05) is 11.1 Å². The summed E-state index contributed by atoms with van der Waals surface area (Å²) in [7, 11) is 0.